The number of aromatic nitrogens is 1. The van der Waals surface area contributed by atoms with Crippen LogP contribution in [0.2, 0.25) is 5.02 Å². The van der Waals surface area contributed by atoms with E-state index < -0.39 is 0 Å². The van der Waals surface area contributed by atoms with Gasteiger partial charge in [-0.1, -0.05) is 11.6 Å². The number of ether oxygens (including phenoxy) is 2. The van der Waals surface area contributed by atoms with Gasteiger partial charge in [0.05, 0.1) is 24.2 Å². The van der Waals surface area contributed by atoms with Crippen LogP contribution >= 0.6 is 11.6 Å². The Labute approximate surface area is 192 Å². The van der Waals surface area contributed by atoms with E-state index in [4.69, 9.17) is 21.1 Å². The fourth-order valence-electron chi connectivity index (χ4n) is 4.07. The number of Topliss-reactive ketones (excluding diaryl/α,β-unsaturated/α-hetero) is 1. The Balaban J connectivity index is 1.49. The first-order chi connectivity index (χ1) is 15.6. The number of carbonyl (C=O) groups is 1. The summed E-state index contributed by atoms with van der Waals surface area (Å²) in [4.78, 5) is 17.0. The van der Waals surface area contributed by atoms with E-state index in [-0.39, 0.29) is 23.9 Å². The minimum Gasteiger partial charge on any atom is -0.385 e. The van der Waals surface area contributed by atoms with Crippen molar-refractivity contribution in [3.05, 3.63) is 47.0 Å². The van der Waals surface area contributed by atoms with Gasteiger partial charge in [0.15, 0.2) is 0 Å². The summed E-state index contributed by atoms with van der Waals surface area (Å²) in [6.45, 7) is 4.74. The maximum atomic E-state index is 14.7. The number of halogens is 2. The standard InChI is InChI=1S/C24H29ClFN3O3/c25-22-14-29-19(11-24(30)17-13-27-5-8-32-15-17)10-20(22)21-9-18(1-2-23(21)26)28-12-16-3-6-31-7-4-16/h1-2,9-10,14,16-17,27-28H,3-8,11-13,15H2/t17-/m1/s1. The van der Waals surface area contributed by atoms with Crippen molar-refractivity contribution in [2.24, 2.45) is 11.8 Å². The lowest BCUT2D eigenvalue weighted by Gasteiger charge is -2.23. The molecule has 0 radical (unpaired) electrons. The number of benzene rings is 1. The highest BCUT2D eigenvalue weighted by molar-refractivity contribution is 6.33. The number of rotatable bonds is 7. The first kappa shape index (κ1) is 23.1. The summed E-state index contributed by atoms with van der Waals surface area (Å²) in [6.07, 6.45) is 3.69. The Morgan fingerprint density at radius 3 is 2.88 bits per heavy atom. The molecule has 1 aromatic carbocycles. The quantitative estimate of drug-likeness (QED) is 0.654. The van der Waals surface area contributed by atoms with Gasteiger partial charge in [0.25, 0.3) is 0 Å². The van der Waals surface area contributed by atoms with Gasteiger partial charge in [-0.15, -0.1) is 0 Å². The highest BCUT2D eigenvalue weighted by atomic mass is 35.5. The second-order valence-electron chi connectivity index (χ2n) is 8.41. The molecule has 3 heterocycles. The summed E-state index contributed by atoms with van der Waals surface area (Å²) in [5, 5.41) is 6.97. The molecule has 2 aliphatic rings. The number of nitrogens with one attached hydrogen (secondary N) is 2. The summed E-state index contributed by atoms with van der Waals surface area (Å²) >= 11 is 6.38. The Hall–Kier alpha value is -2.06. The van der Waals surface area contributed by atoms with Gasteiger partial charge in [-0.3, -0.25) is 9.78 Å². The molecule has 2 saturated heterocycles. The van der Waals surface area contributed by atoms with E-state index in [9.17, 15) is 9.18 Å². The van der Waals surface area contributed by atoms with Crippen molar-refractivity contribution < 1.29 is 18.7 Å². The minimum absolute atomic E-state index is 0.0486. The number of nitrogens with zero attached hydrogens (tertiary/aromatic N) is 1. The second-order valence-corrected chi connectivity index (χ2v) is 8.81. The van der Waals surface area contributed by atoms with Crippen LogP contribution in [0.4, 0.5) is 10.1 Å². The van der Waals surface area contributed by atoms with E-state index in [1.165, 1.54) is 12.3 Å². The van der Waals surface area contributed by atoms with E-state index >= 15 is 0 Å². The Bertz CT molecular complexity index is 929. The third-order valence-corrected chi connectivity index (χ3v) is 6.35. The highest BCUT2D eigenvalue weighted by Crippen LogP contribution is 2.32. The number of hydrogen-bond donors (Lipinski definition) is 2. The van der Waals surface area contributed by atoms with Crippen molar-refractivity contribution in [3.63, 3.8) is 0 Å². The molecule has 0 spiro atoms. The molecule has 0 unspecified atom stereocenters. The molecular formula is C24H29ClFN3O3. The molecule has 6 nitrogen and oxygen atoms in total. The SMILES string of the molecule is O=C(Cc1cc(-c2cc(NCC3CCOCC3)ccc2F)c(Cl)cn1)[C@@H]1CNCCOC1. The van der Waals surface area contributed by atoms with Gasteiger partial charge < -0.3 is 20.1 Å². The lowest BCUT2D eigenvalue weighted by Crippen LogP contribution is -2.30. The first-order valence-electron chi connectivity index (χ1n) is 11.2. The Morgan fingerprint density at radius 1 is 1.19 bits per heavy atom. The summed E-state index contributed by atoms with van der Waals surface area (Å²) < 4.78 is 25.6. The monoisotopic (exact) mass is 461 g/mol. The highest BCUT2D eigenvalue weighted by Gasteiger charge is 2.22. The van der Waals surface area contributed by atoms with Crippen molar-refractivity contribution in [1.82, 2.24) is 10.3 Å². The lowest BCUT2D eigenvalue weighted by molar-refractivity contribution is -0.123. The molecule has 2 fully saturated rings. The van der Waals surface area contributed by atoms with Crippen LogP contribution in [0.5, 0.6) is 0 Å². The molecule has 1 atom stereocenters. The van der Waals surface area contributed by atoms with Crippen LogP contribution in [-0.2, 0) is 20.7 Å². The predicted molar refractivity (Wildman–Crippen MR) is 123 cm³/mol. The number of ketones is 1. The van der Waals surface area contributed by atoms with Crippen molar-refractivity contribution in [2.75, 3.05) is 51.4 Å². The van der Waals surface area contributed by atoms with Gasteiger partial charge in [-0.2, -0.15) is 0 Å². The Morgan fingerprint density at radius 2 is 2.03 bits per heavy atom. The number of hydrogen-bond acceptors (Lipinski definition) is 6. The van der Waals surface area contributed by atoms with E-state index in [0.29, 0.717) is 47.5 Å². The minimum atomic E-state index is -0.367. The van der Waals surface area contributed by atoms with Crippen LogP contribution in [0.3, 0.4) is 0 Å². The molecule has 8 heteroatoms. The van der Waals surface area contributed by atoms with Crippen molar-refractivity contribution in [3.8, 4) is 11.1 Å². The third kappa shape index (κ3) is 6.04. The molecular weight excluding hydrogens is 433 g/mol. The fraction of sp³-hybridized carbons (Fsp3) is 0.500. The van der Waals surface area contributed by atoms with Crippen molar-refractivity contribution in [2.45, 2.75) is 19.3 Å². The molecule has 0 aliphatic carbocycles. The van der Waals surface area contributed by atoms with Crippen LogP contribution in [0, 0.1) is 17.7 Å². The number of pyridine rings is 1. The van der Waals surface area contributed by atoms with Gasteiger partial charge in [-0.25, -0.2) is 4.39 Å². The number of carbonyl (C=O) groups excluding carboxylic acids is 1. The van der Waals surface area contributed by atoms with Gasteiger partial charge in [0.1, 0.15) is 11.6 Å². The fourth-order valence-corrected chi connectivity index (χ4v) is 4.28. The smallest absolute Gasteiger partial charge is 0.145 e. The molecule has 2 N–H and O–H groups in total. The zero-order chi connectivity index (χ0) is 22.3. The van der Waals surface area contributed by atoms with Crippen LogP contribution in [0.15, 0.2) is 30.5 Å². The van der Waals surface area contributed by atoms with Gasteiger partial charge in [0.2, 0.25) is 0 Å². The molecule has 32 heavy (non-hydrogen) atoms. The van der Waals surface area contributed by atoms with Gasteiger partial charge in [0, 0.05) is 68.0 Å². The zero-order valence-corrected chi connectivity index (χ0v) is 18.8. The molecule has 1 aromatic heterocycles. The van der Waals surface area contributed by atoms with E-state index in [1.54, 1.807) is 18.2 Å². The molecule has 0 bridgehead atoms. The molecule has 2 aliphatic heterocycles. The topological polar surface area (TPSA) is 72.5 Å². The molecule has 172 valence electrons. The van der Waals surface area contributed by atoms with Crippen LogP contribution < -0.4 is 10.6 Å². The maximum absolute atomic E-state index is 14.7. The third-order valence-electron chi connectivity index (χ3n) is 6.05. The predicted octanol–water partition coefficient (Wildman–Crippen LogP) is 3.73. The maximum Gasteiger partial charge on any atom is 0.145 e. The average molecular weight is 462 g/mol. The lowest BCUT2D eigenvalue weighted by atomic mass is 9.98. The Kier molecular flexibility index (Phi) is 8.08. The second kappa shape index (κ2) is 11.2. The summed E-state index contributed by atoms with van der Waals surface area (Å²) in [6, 6.07) is 6.66. The molecule has 4 rings (SSSR count). The first-order valence-corrected chi connectivity index (χ1v) is 11.5. The normalized spacial score (nSPS) is 20.0. The zero-order valence-electron chi connectivity index (χ0n) is 18.0. The van der Waals surface area contributed by atoms with Crippen molar-refractivity contribution in [1.29, 1.82) is 0 Å². The van der Waals surface area contributed by atoms with Gasteiger partial charge >= 0.3 is 0 Å². The average Bonchev–Trinajstić information content (AvgIpc) is 3.10. The van der Waals surface area contributed by atoms with E-state index in [2.05, 4.69) is 15.6 Å². The van der Waals surface area contributed by atoms with Gasteiger partial charge in [-0.05, 0) is 43.0 Å². The van der Waals surface area contributed by atoms with Crippen molar-refractivity contribution >= 4 is 23.1 Å². The van der Waals surface area contributed by atoms with Crippen LogP contribution in [-0.4, -0.2) is 56.8 Å². The largest absolute Gasteiger partial charge is 0.385 e. The molecule has 0 saturated carbocycles. The molecule has 0 amide bonds. The summed E-state index contributed by atoms with van der Waals surface area (Å²) in [7, 11) is 0. The van der Waals surface area contributed by atoms with E-state index in [1.807, 2.05) is 0 Å². The van der Waals surface area contributed by atoms with Crippen LogP contribution in [0.25, 0.3) is 11.1 Å². The number of anilines is 1. The summed E-state index contributed by atoms with van der Waals surface area (Å²) in [5.41, 5.74) is 2.33. The summed E-state index contributed by atoms with van der Waals surface area (Å²) in [5.74, 6) is 0.00982. The van der Waals surface area contributed by atoms with E-state index in [0.717, 1.165) is 44.8 Å². The molecule has 2 aromatic rings. The van der Waals surface area contributed by atoms with Crippen LogP contribution in [0.1, 0.15) is 18.5 Å².